The molecule has 2 aromatic rings. The number of nitrogens with one attached hydrogen (secondary N) is 1. The number of benzene rings is 1. The molecule has 2 rings (SSSR count). The van der Waals surface area contributed by atoms with Crippen LogP contribution in [0.5, 0.6) is 0 Å². The van der Waals surface area contributed by atoms with Gasteiger partial charge in [-0.05, 0) is 24.3 Å². The topological polar surface area (TPSA) is 51.2 Å². The number of rotatable bonds is 3. The van der Waals surface area contributed by atoms with Gasteiger partial charge < -0.3 is 10.1 Å². The van der Waals surface area contributed by atoms with E-state index in [2.05, 4.69) is 15.0 Å². The van der Waals surface area contributed by atoms with E-state index in [4.69, 9.17) is 0 Å². The molecule has 0 radical (unpaired) electrons. The number of carbonyl (C=O) groups is 1. The van der Waals surface area contributed by atoms with E-state index in [9.17, 15) is 13.6 Å². The number of halogens is 2. The number of nitrogens with zero attached hydrogens (tertiary/aromatic N) is 1. The van der Waals surface area contributed by atoms with E-state index in [0.717, 1.165) is 12.1 Å². The van der Waals surface area contributed by atoms with Gasteiger partial charge in [0.2, 0.25) is 0 Å². The van der Waals surface area contributed by atoms with Crippen LogP contribution in [-0.2, 0) is 4.74 Å². The second kappa shape index (κ2) is 5.43. The normalized spacial score (nSPS) is 10.1. The van der Waals surface area contributed by atoms with E-state index in [1.165, 1.54) is 31.5 Å². The van der Waals surface area contributed by atoms with Crippen LogP contribution in [0.15, 0.2) is 36.5 Å². The molecule has 0 saturated heterocycles. The van der Waals surface area contributed by atoms with E-state index in [-0.39, 0.29) is 17.1 Å². The lowest BCUT2D eigenvalue weighted by atomic mass is 10.2. The summed E-state index contributed by atoms with van der Waals surface area (Å²) in [6.45, 7) is 0. The minimum atomic E-state index is -0.745. The fourth-order valence-corrected chi connectivity index (χ4v) is 1.47. The Morgan fingerprint density at radius 3 is 2.74 bits per heavy atom. The van der Waals surface area contributed by atoms with Crippen LogP contribution in [0, 0.1) is 11.6 Å². The number of hydrogen-bond acceptors (Lipinski definition) is 4. The van der Waals surface area contributed by atoms with Crippen LogP contribution in [-0.4, -0.2) is 18.1 Å². The molecule has 0 spiro atoms. The first-order chi connectivity index (χ1) is 9.10. The lowest BCUT2D eigenvalue weighted by molar-refractivity contribution is 0.0600. The minimum Gasteiger partial charge on any atom is -0.465 e. The van der Waals surface area contributed by atoms with E-state index >= 15 is 0 Å². The summed E-state index contributed by atoms with van der Waals surface area (Å²) in [6, 6.07) is 6.01. The van der Waals surface area contributed by atoms with Crippen molar-refractivity contribution in [1.29, 1.82) is 0 Å². The molecule has 1 N–H and O–H groups in total. The molecule has 0 saturated carbocycles. The van der Waals surface area contributed by atoms with Crippen molar-refractivity contribution < 1.29 is 18.3 Å². The molecule has 19 heavy (non-hydrogen) atoms. The smallest absolute Gasteiger partial charge is 0.338 e. The third-order valence-corrected chi connectivity index (χ3v) is 2.37. The maximum atomic E-state index is 13.4. The molecule has 98 valence electrons. The highest BCUT2D eigenvalue weighted by atomic mass is 19.1. The quantitative estimate of drug-likeness (QED) is 0.866. The second-order valence-corrected chi connectivity index (χ2v) is 3.67. The molecule has 1 heterocycles. The van der Waals surface area contributed by atoms with Gasteiger partial charge in [-0.1, -0.05) is 0 Å². The van der Waals surface area contributed by atoms with Crippen molar-refractivity contribution in [3.63, 3.8) is 0 Å². The van der Waals surface area contributed by atoms with Crippen molar-refractivity contribution in [2.75, 3.05) is 12.4 Å². The molecular weight excluding hydrogens is 254 g/mol. The number of esters is 1. The third-order valence-electron chi connectivity index (χ3n) is 2.37. The lowest BCUT2D eigenvalue weighted by Crippen LogP contribution is -2.03. The van der Waals surface area contributed by atoms with E-state index in [1.807, 2.05) is 0 Å². The number of carbonyl (C=O) groups excluding carboxylic acids is 1. The van der Waals surface area contributed by atoms with Gasteiger partial charge in [0, 0.05) is 12.3 Å². The number of hydrogen-bond donors (Lipinski definition) is 1. The summed E-state index contributed by atoms with van der Waals surface area (Å²) in [5.41, 5.74) is 0.346. The first kappa shape index (κ1) is 12.9. The molecule has 0 unspecified atom stereocenters. The number of anilines is 2. The van der Waals surface area contributed by atoms with Crippen molar-refractivity contribution in [3.05, 3.63) is 53.7 Å². The van der Waals surface area contributed by atoms with Gasteiger partial charge in [0.1, 0.15) is 17.5 Å². The van der Waals surface area contributed by atoms with Crippen LogP contribution in [0.3, 0.4) is 0 Å². The van der Waals surface area contributed by atoms with E-state index < -0.39 is 17.6 Å². The van der Waals surface area contributed by atoms with Crippen LogP contribution < -0.4 is 5.32 Å². The Bertz CT molecular complexity index is 617. The molecular formula is C13H10F2N2O2. The molecule has 0 aliphatic carbocycles. The average molecular weight is 264 g/mol. The van der Waals surface area contributed by atoms with Gasteiger partial charge >= 0.3 is 5.97 Å². The minimum absolute atomic E-state index is 0.0657. The Hall–Kier alpha value is -2.50. The molecule has 1 aromatic heterocycles. The second-order valence-electron chi connectivity index (χ2n) is 3.67. The Morgan fingerprint density at radius 2 is 2.05 bits per heavy atom. The average Bonchev–Trinajstić information content (AvgIpc) is 2.41. The predicted octanol–water partition coefficient (Wildman–Crippen LogP) is 2.89. The molecule has 1 aromatic carbocycles. The summed E-state index contributed by atoms with van der Waals surface area (Å²) in [5, 5.41) is 2.66. The van der Waals surface area contributed by atoms with Gasteiger partial charge in [-0.15, -0.1) is 0 Å². The van der Waals surface area contributed by atoms with Crippen molar-refractivity contribution in [1.82, 2.24) is 4.98 Å². The maximum Gasteiger partial charge on any atom is 0.338 e. The fourth-order valence-electron chi connectivity index (χ4n) is 1.47. The van der Waals surface area contributed by atoms with Crippen LogP contribution in [0.4, 0.5) is 20.3 Å². The van der Waals surface area contributed by atoms with Crippen LogP contribution in [0.25, 0.3) is 0 Å². The molecule has 0 aliphatic rings. The molecule has 0 bridgehead atoms. The van der Waals surface area contributed by atoms with Crippen LogP contribution in [0.1, 0.15) is 10.4 Å². The zero-order chi connectivity index (χ0) is 13.8. The first-order valence-electron chi connectivity index (χ1n) is 5.36. The molecule has 0 amide bonds. The Labute approximate surface area is 108 Å². The zero-order valence-corrected chi connectivity index (χ0v) is 9.98. The SMILES string of the molecule is COC(=O)c1ccnc(Nc2ccc(F)cc2F)c1. The summed E-state index contributed by atoms with van der Waals surface area (Å²) in [6.07, 6.45) is 1.38. The number of ether oxygens (including phenoxy) is 1. The van der Waals surface area contributed by atoms with Gasteiger partial charge in [0.15, 0.2) is 0 Å². The van der Waals surface area contributed by atoms with Gasteiger partial charge in [-0.25, -0.2) is 18.6 Å². The summed E-state index contributed by atoms with van der Waals surface area (Å²) in [7, 11) is 1.26. The van der Waals surface area contributed by atoms with Gasteiger partial charge in [0.05, 0.1) is 18.4 Å². The van der Waals surface area contributed by atoms with Gasteiger partial charge in [0.25, 0.3) is 0 Å². The predicted molar refractivity (Wildman–Crippen MR) is 65.2 cm³/mol. The van der Waals surface area contributed by atoms with Gasteiger partial charge in [-0.3, -0.25) is 0 Å². The Kier molecular flexibility index (Phi) is 3.70. The van der Waals surface area contributed by atoms with Crippen LogP contribution in [0.2, 0.25) is 0 Å². The summed E-state index contributed by atoms with van der Waals surface area (Å²) in [4.78, 5) is 15.3. The number of pyridine rings is 1. The van der Waals surface area contributed by atoms with Crippen molar-refractivity contribution in [2.24, 2.45) is 0 Å². The zero-order valence-electron chi connectivity index (χ0n) is 9.98. The van der Waals surface area contributed by atoms with Crippen LogP contribution >= 0.6 is 0 Å². The van der Waals surface area contributed by atoms with Gasteiger partial charge in [-0.2, -0.15) is 0 Å². The molecule has 6 heteroatoms. The molecule has 0 atom stereocenters. The Morgan fingerprint density at radius 1 is 1.26 bits per heavy atom. The van der Waals surface area contributed by atoms with Crippen molar-refractivity contribution >= 4 is 17.5 Å². The fraction of sp³-hybridized carbons (Fsp3) is 0.0769. The highest BCUT2D eigenvalue weighted by Crippen LogP contribution is 2.20. The van der Waals surface area contributed by atoms with Crippen molar-refractivity contribution in [3.8, 4) is 0 Å². The first-order valence-corrected chi connectivity index (χ1v) is 5.36. The summed E-state index contributed by atoms with van der Waals surface area (Å²) >= 11 is 0. The maximum absolute atomic E-state index is 13.4. The van der Waals surface area contributed by atoms with E-state index in [1.54, 1.807) is 0 Å². The number of aromatic nitrogens is 1. The summed E-state index contributed by atoms with van der Waals surface area (Å²) in [5.74, 6) is -1.68. The molecule has 0 aliphatic heterocycles. The Balaban J connectivity index is 2.26. The third kappa shape index (κ3) is 3.04. The van der Waals surface area contributed by atoms with E-state index in [0.29, 0.717) is 0 Å². The summed E-state index contributed by atoms with van der Waals surface area (Å²) < 4.78 is 30.8. The highest BCUT2D eigenvalue weighted by molar-refractivity contribution is 5.90. The molecule has 0 fully saturated rings. The highest BCUT2D eigenvalue weighted by Gasteiger charge is 2.08. The van der Waals surface area contributed by atoms with Crippen molar-refractivity contribution in [2.45, 2.75) is 0 Å². The number of methoxy groups -OCH3 is 1. The standard InChI is InChI=1S/C13H10F2N2O2/c1-19-13(18)8-4-5-16-12(6-8)17-11-3-2-9(14)7-10(11)15/h2-7H,1H3,(H,16,17). The monoisotopic (exact) mass is 264 g/mol. The lowest BCUT2D eigenvalue weighted by Gasteiger charge is -2.07. The largest absolute Gasteiger partial charge is 0.465 e. The molecule has 4 nitrogen and oxygen atoms in total.